The van der Waals surface area contributed by atoms with Crippen LogP contribution in [0.1, 0.15) is 5.56 Å². The molecule has 1 N–H and O–H groups in total. The van der Waals surface area contributed by atoms with Crippen LogP contribution in [0, 0.1) is 0 Å². The number of nitrogens with zero attached hydrogens (tertiary/aromatic N) is 3. The van der Waals surface area contributed by atoms with Gasteiger partial charge in [0, 0.05) is 31.7 Å². The monoisotopic (exact) mass is 430 g/mol. The first kappa shape index (κ1) is 19.2. The molecule has 1 aromatic heterocycles. The van der Waals surface area contributed by atoms with Crippen molar-refractivity contribution < 1.29 is 9.53 Å². The van der Waals surface area contributed by atoms with E-state index < -0.39 is 0 Å². The van der Waals surface area contributed by atoms with Gasteiger partial charge in [0.05, 0.1) is 12.4 Å². The molecule has 0 aliphatic heterocycles. The summed E-state index contributed by atoms with van der Waals surface area (Å²) in [6.45, 7) is 1.87. The number of benzene rings is 1. The Kier molecular flexibility index (Phi) is 7.97. The van der Waals surface area contributed by atoms with E-state index in [2.05, 4.69) is 31.4 Å². The van der Waals surface area contributed by atoms with Crippen LogP contribution >= 0.6 is 39.0 Å². The Morgan fingerprint density at radius 3 is 2.96 bits per heavy atom. The van der Waals surface area contributed by atoms with Gasteiger partial charge in [0.2, 0.25) is 11.0 Å². The second-order valence-corrected chi connectivity index (χ2v) is 7.98. The number of aromatic nitrogens is 2. The van der Waals surface area contributed by atoms with Crippen LogP contribution in [0.25, 0.3) is 0 Å². The largest absolute Gasteiger partial charge is 0.383 e. The molecule has 0 radical (unpaired) electrons. The molecule has 9 heteroatoms. The Morgan fingerprint density at radius 1 is 1.42 bits per heavy atom. The van der Waals surface area contributed by atoms with Crippen LogP contribution in [0.15, 0.2) is 33.1 Å². The molecule has 24 heavy (non-hydrogen) atoms. The molecular formula is C15H19BrN4O2S2. The number of carbonyl (C=O) groups excluding carboxylic acids is 1. The first-order valence-electron chi connectivity index (χ1n) is 7.26. The minimum atomic E-state index is 0.0554. The molecular weight excluding hydrogens is 412 g/mol. The summed E-state index contributed by atoms with van der Waals surface area (Å²) in [5.41, 5.74) is 1.08. The van der Waals surface area contributed by atoms with Crippen molar-refractivity contribution >= 4 is 50.1 Å². The number of anilines is 1. The lowest BCUT2D eigenvalue weighted by atomic mass is 10.2. The van der Waals surface area contributed by atoms with E-state index in [9.17, 15) is 4.79 Å². The predicted molar refractivity (Wildman–Crippen MR) is 102 cm³/mol. The van der Waals surface area contributed by atoms with Gasteiger partial charge < -0.3 is 15.0 Å². The van der Waals surface area contributed by atoms with Crippen molar-refractivity contribution in [3.8, 4) is 0 Å². The highest BCUT2D eigenvalue weighted by Crippen LogP contribution is 2.25. The number of amides is 1. The fraction of sp³-hybridized carbons (Fsp3) is 0.400. The second-order valence-electron chi connectivity index (χ2n) is 4.92. The number of hydrogen-bond donors (Lipinski definition) is 1. The molecule has 6 nitrogen and oxygen atoms in total. The molecule has 0 saturated carbocycles. The quantitative estimate of drug-likeness (QED) is 0.486. The Bertz CT molecular complexity index is 668. The summed E-state index contributed by atoms with van der Waals surface area (Å²) in [6, 6.07) is 7.90. The Morgan fingerprint density at radius 2 is 2.21 bits per heavy atom. The molecule has 0 unspecified atom stereocenters. The predicted octanol–water partition coefficient (Wildman–Crippen LogP) is 3.11. The number of ether oxygens (including phenoxy) is 1. The van der Waals surface area contributed by atoms with Gasteiger partial charge in [-0.2, -0.15) is 0 Å². The van der Waals surface area contributed by atoms with E-state index in [-0.39, 0.29) is 5.91 Å². The van der Waals surface area contributed by atoms with E-state index in [0.29, 0.717) is 25.4 Å². The van der Waals surface area contributed by atoms with Gasteiger partial charge in [-0.05, 0) is 11.6 Å². The van der Waals surface area contributed by atoms with Gasteiger partial charge in [-0.3, -0.25) is 4.79 Å². The standard InChI is InChI=1S/C15H19BrN4O2S2/c1-20(9-11-5-3-4-6-12(11)16)13(21)10-23-15-19-18-14(24-15)17-7-8-22-2/h3-6H,7-10H2,1-2H3,(H,17,18). The van der Waals surface area contributed by atoms with E-state index in [0.717, 1.165) is 19.5 Å². The summed E-state index contributed by atoms with van der Waals surface area (Å²) in [6.07, 6.45) is 0. The summed E-state index contributed by atoms with van der Waals surface area (Å²) in [5.74, 6) is 0.396. The number of hydrogen-bond acceptors (Lipinski definition) is 7. The first-order chi connectivity index (χ1) is 11.6. The lowest BCUT2D eigenvalue weighted by Gasteiger charge is -2.17. The molecule has 0 saturated heterocycles. The molecule has 0 spiro atoms. The van der Waals surface area contributed by atoms with E-state index in [4.69, 9.17) is 4.74 Å². The van der Waals surface area contributed by atoms with Crippen molar-refractivity contribution in [3.05, 3.63) is 34.3 Å². The molecule has 0 fully saturated rings. The molecule has 2 aromatic rings. The SMILES string of the molecule is COCCNc1nnc(SCC(=O)N(C)Cc2ccccc2Br)s1. The average molecular weight is 431 g/mol. The van der Waals surface area contributed by atoms with Crippen molar-refractivity contribution in [2.75, 3.05) is 38.4 Å². The third-order valence-corrected chi connectivity index (χ3v) is 5.87. The summed E-state index contributed by atoms with van der Waals surface area (Å²) in [7, 11) is 3.46. The number of halogens is 1. The van der Waals surface area contributed by atoms with Crippen LogP contribution in [-0.2, 0) is 16.1 Å². The second kappa shape index (κ2) is 9.97. The zero-order valence-electron chi connectivity index (χ0n) is 13.5. The summed E-state index contributed by atoms with van der Waals surface area (Å²) in [5, 5.41) is 12.0. The van der Waals surface area contributed by atoms with Crippen molar-refractivity contribution in [1.29, 1.82) is 0 Å². The summed E-state index contributed by atoms with van der Waals surface area (Å²) in [4.78, 5) is 14.0. The van der Waals surface area contributed by atoms with E-state index in [1.54, 1.807) is 19.1 Å². The maximum Gasteiger partial charge on any atom is 0.233 e. The number of thioether (sulfide) groups is 1. The summed E-state index contributed by atoms with van der Waals surface area (Å²) < 4.78 is 6.75. The smallest absolute Gasteiger partial charge is 0.233 e. The number of rotatable bonds is 9. The van der Waals surface area contributed by atoms with Crippen LogP contribution in [0.3, 0.4) is 0 Å². The minimum Gasteiger partial charge on any atom is -0.383 e. The highest BCUT2D eigenvalue weighted by molar-refractivity contribution is 9.10. The molecule has 2 rings (SSSR count). The van der Waals surface area contributed by atoms with Gasteiger partial charge in [0.15, 0.2) is 4.34 Å². The van der Waals surface area contributed by atoms with Crippen LogP contribution in [0.4, 0.5) is 5.13 Å². The molecule has 1 amide bonds. The van der Waals surface area contributed by atoms with Crippen molar-refractivity contribution in [2.45, 2.75) is 10.9 Å². The maximum atomic E-state index is 12.3. The molecule has 0 aliphatic rings. The molecule has 1 aromatic carbocycles. The molecule has 0 aliphatic carbocycles. The number of methoxy groups -OCH3 is 1. The van der Waals surface area contributed by atoms with Crippen LogP contribution in [0.5, 0.6) is 0 Å². The third kappa shape index (κ3) is 6.04. The van der Waals surface area contributed by atoms with Gasteiger partial charge in [0.1, 0.15) is 0 Å². The van der Waals surface area contributed by atoms with Crippen molar-refractivity contribution in [1.82, 2.24) is 15.1 Å². The molecule has 130 valence electrons. The van der Waals surface area contributed by atoms with Crippen molar-refractivity contribution in [3.63, 3.8) is 0 Å². The van der Waals surface area contributed by atoms with Gasteiger partial charge in [-0.1, -0.05) is 57.2 Å². The van der Waals surface area contributed by atoms with E-state index >= 15 is 0 Å². The Hall–Kier alpha value is -1.16. The Labute approximate surface area is 158 Å². The van der Waals surface area contributed by atoms with Gasteiger partial charge in [0.25, 0.3) is 0 Å². The van der Waals surface area contributed by atoms with Gasteiger partial charge in [-0.25, -0.2) is 0 Å². The maximum absolute atomic E-state index is 12.3. The minimum absolute atomic E-state index is 0.0554. The number of carbonyl (C=O) groups is 1. The topological polar surface area (TPSA) is 67.3 Å². The van der Waals surface area contributed by atoms with Crippen LogP contribution < -0.4 is 5.32 Å². The zero-order valence-corrected chi connectivity index (χ0v) is 16.7. The fourth-order valence-electron chi connectivity index (χ4n) is 1.80. The van der Waals surface area contributed by atoms with Crippen LogP contribution in [0.2, 0.25) is 0 Å². The Balaban J connectivity index is 1.79. The van der Waals surface area contributed by atoms with Gasteiger partial charge in [-0.15, -0.1) is 10.2 Å². The average Bonchev–Trinajstić information content (AvgIpc) is 3.03. The highest BCUT2D eigenvalue weighted by Gasteiger charge is 2.13. The normalized spacial score (nSPS) is 10.6. The highest BCUT2D eigenvalue weighted by atomic mass is 79.9. The van der Waals surface area contributed by atoms with Gasteiger partial charge >= 0.3 is 0 Å². The number of nitrogens with one attached hydrogen (secondary N) is 1. The lowest BCUT2D eigenvalue weighted by molar-refractivity contribution is -0.127. The van der Waals surface area contributed by atoms with E-state index in [1.165, 1.54) is 23.1 Å². The molecule has 0 atom stereocenters. The lowest BCUT2D eigenvalue weighted by Crippen LogP contribution is -2.27. The molecule has 1 heterocycles. The zero-order chi connectivity index (χ0) is 17.4. The first-order valence-corrected chi connectivity index (χ1v) is 9.86. The molecule has 0 bridgehead atoms. The fourth-order valence-corrected chi connectivity index (χ4v) is 3.93. The van der Waals surface area contributed by atoms with Crippen LogP contribution in [-0.4, -0.2) is 54.1 Å². The van der Waals surface area contributed by atoms with E-state index in [1.807, 2.05) is 24.3 Å². The summed E-state index contributed by atoms with van der Waals surface area (Å²) >= 11 is 6.34. The third-order valence-electron chi connectivity index (χ3n) is 3.10. The van der Waals surface area contributed by atoms with Crippen molar-refractivity contribution in [2.24, 2.45) is 0 Å².